The largest absolute Gasteiger partial charge is 0.494 e. The van der Waals surface area contributed by atoms with Crippen LogP contribution in [0.25, 0.3) is 33.2 Å². The highest BCUT2D eigenvalue weighted by atomic mass is 31.2. The molecule has 13 heteroatoms. The number of H-pyrrole nitrogens is 1. The Balaban J connectivity index is 1.44. The van der Waals surface area contributed by atoms with Crippen LogP contribution in [0.1, 0.15) is 0 Å². The summed E-state index contributed by atoms with van der Waals surface area (Å²) in [7, 11) is 0.438. The Labute approximate surface area is 228 Å². The van der Waals surface area contributed by atoms with E-state index < -0.39 is 13.0 Å². The molecule has 0 amide bonds. The summed E-state index contributed by atoms with van der Waals surface area (Å²) in [4.78, 5) is 21.3. The molecule has 0 aliphatic heterocycles. The van der Waals surface area contributed by atoms with Gasteiger partial charge in [0.1, 0.15) is 35.7 Å². The van der Waals surface area contributed by atoms with Gasteiger partial charge in [-0.25, -0.2) is 4.39 Å². The number of nitrogens with zero attached hydrogens (tertiary/aromatic N) is 6. The van der Waals surface area contributed by atoms with Gasteiger partial charge in [-0.15, -0.1) is 0 Å². The van der Waals surface area contributed by atoms with Crippen LogP contribution in [0, 0.1) is 5.82 Å². The van der Waals surface area contributed by atoms with Crippen LogP contribution in [-0.4, -0.2) is 55.1 Å². The number of aromatic nitrogens is 7. The summed E-state index contributed by atoms with van der Waals surface area (Å²) in [6, 6.07) is 8.42. The molecule has 0 bridgehead atoms. The summed E-state index contributed by atoms with van der Waals surface area (Å²) in [5.74, 6) is 0.537. The SMILES string of the molecule is COc1cc(F)c(-c2cnn(C)c2)cc1Nc1nc(Nc2ccc3nccnc3c2P(C)(C)=O)c2cc[nH]c2n1. The lowest BCUT2D eigenvalue weighted by Crippen LogP contribution is -2.14. The first-order valence-corrected chi connectivity index (χ1v) is 14.9. The van der Waals surface area contributed by atoms with Crippen molar-refractivity contribution in [3.63, 3.8) is 0 Å². The lowest BCUT2D eigenvalue weighted by atomic mass is 10.1. The zero-order chi connectivity index (χ0) is 28.0. The highest BCUT2D eigenvalue weighted by molar-refractivity contribution is 7.71. The molecule has 40 heavy (non-hydrogen) atoms. The number of nitrogens with one attached hydrogen (secondary N) is 3. The minimum absolute atomic E-state index is 0.234. The van der Waals surface area contributed by atoms with Gasteiger partial charge in [-0.2, -0.15) is 15.1 Å². The summed E-state index contributed by atoms with van der Waals surface area (Å²) in [5.41, 5.74) is 3.81. The highest BCUT2D eigenvalue weighted by Gasteiger charge is 2.23. The summed E-state index contributed by atoms with van der Waals surface area (Å²) < 4.78 is 35.4. The number of rotatable bonds is 7. The van der Waals surface area contributed by atoms with Gasteiger partial charge < -0.3 is 24.9 Å². The fraction of sp³-hybridized carbons (Fsp3) is 0.148. The Bertz CT molecular complexity index is 1950. The quantitative estimate of drug-likeness (QED) is 0.227. The van der Waals surface area contributed by atoms with Crippen molar-refractivity contribution in [2.75, 3.05) is 31.1 Å². The Morgan fingerprint density at radius 3 is 2.62 bits per heavy atom. The third kappa shape index (κ3) is 4.62. The summed E-state index contributed by atoms with van der Waals surface area (Å²) in [6.45, 7) is 3.39. The van der Waals surface area contributed by atoms with E-state index in [0.29, 0.717) is 50.3 Å². The standard InChI is InChI=1S/C27H25FN9O2P/c1-37-14-15(13-32-37)17-11-21(22(39-2)12-18(17)28)34-27-35-25-16(7-8-31-25)26(36-27)33-20-6-5-19-23(30-10-9-29-19)24(20)40(3,4)38/h5-14H,1-4H3,(H3,31,33,34,35,36). The van der Waals surface area contributed by atoms with Crippen molar-refractivity contribution in [1.82, 2.24) is 34.7 Å². The van der Waals surface area contributed by atoms with E-state index in [9.17, 15) is 8.96 Å². The molecule has 11 nitrogen and oxygen atoms in total. The fourth-order valence-electron chi connectivity index (χ4n) is 4.61. The van der Waals surface area contributed by atoms with Crippen LogP contribution in [0.4, 0.5) is 27.5 Å². The van der Waals surface area contributed by atoms with Gasteiger partial charge in [-0.1, -0.05) is 0 Å². The number of methoxy groups -OCH3 is 1. The predicted molar refractivity (Wildman–Crippen MR) is 154 cm³/mol. The van der Waals surface area contributed by atoms with Crippen molar-refractivity contribution >= 4 is 57.7 Å². The third-order valence-electron chi connectivity index (χ3n) is 6.37. The van der Waals surface area contributed by atoms with Gasteiger partial charge in [0.2, 0.25) is 5.95 Å². The maximum absolute atomic E-state index is 14.9. The van der Waals surface area contributed by atoms with Crippen molar-refractivity contribution < 1.29 is 13.7 Å². The molecule has 4 heterocycles. The lowest BCUT2D eigenvalue weighted by Gasteiger charge is -2.18. The summed E-state index contributed by atoms with van der Waals surface area (Å²) in [6.07, 6.45) is 8.25. The van der Waals surface area contributed by atoms with Crippen LogP contribution in [0.2, 0.25) is 0 Å². The number of fused-ring (bicyclic) bond motifs is 2. The van der Waals surface area contributed by atoms with Gasteiger partial charge in [0.25, 0.3) is 0 Å². The molecule has 4 aromatic heterocycles. The van der Waals surface area contributed by atoms with Crippen LogP contribution in [0.15, 0.2) is 61.3 Å². The van der Waals surface area contributed by atoms with Crippen molar-refractivity contribution in [1.29, 1.82) is 0 Å². The first kappa shape index (κ1) is 25.4. The van der Waals surface area contributed by atoms with Gasteiger partial charge in [-0.3, -0.25) is 14.6 Å². The maximum atomic E-state index is 14.9. The van der Waals surface area contributed by atoms with Crippen LogP contribution >= 0.6 is 7.14 Å². The number of benzene rings is 2. The summed E-state index contributed by atoms with van der Waals surface area (Å²) >= 11 is 0. The van der Waals surface area contributed by atoms with Crippen molar-refractivity contribution in [3.8, 4) is 16.9 Å². The predicted octanol–water partition coefficient (Wildman–Crippen LogP) is 5.18. The van der Waals surface area contributed by atoms with Gasteiger partial charge in [0.05, 0.1) is 40.9 Å². The molecular formula is C27H25FN9O2P. The zero-order valence-electron chi connectivity index (χ0n) is 22.1. The molecule has 0 unspecified atom stereocenters. The van der Waals surface area contributed by atoms with E-state index in [1.807, 2.05) is 18.2 Å². The van der Waals surface area contributed by atoms with Crippen LogP contribution in [0.5, 0.6) is 5.75 Å². The molecule has 0 fully saturated rings. The molecule has 202 valence electrons. The topological polar surface area (TPSA) is 136 Å². The average molecular weight is 558 g/mol. The molecule has 0 spiro atoms. The first-order chi connectivity index (χ1) is 19.2. The van der Waals surface area contributed by atoms with Gasteiger partial charge in [0, 0.05) is 49.0 Å². The molecule has 0 aliphatic rings. The smallest absolute Gasteiger partial charge is 0.231 e. The number of anilines is 4. The Morgan fingerprint density at radius 1 is 1.05 bits per heavy atom. The van der Waals surface area contributed by atoms with E-state index in [2.05, 4.69) is 35.7 Å². The van der Waals surface area contributed by atoms with Gasteiger partial charge in [-0.05, 0) is 37.6 Å². The number of hydrogen-bond acceptors (Lipinski definition) is 9. The minimum Gasteiger partial charge on any atom is -0.494 e. The van der Waals surface area contributed by atoms with Crippen LogP contribution in [-0.2, 0) is 11.6 Å². The molecule has 0 radical (unpaired) electrons. The maximum Gasteiger partial charge on any atom is 0.231 e. The molecule has 0 saturated heterocycles. The molecule has 3 N–H and O–H groups in total. The number of aryl methyl sites for hydroxylation is 1. The fourth-order valence-corrected chi connectivity index (χ4v) is 6.00. The molecule has 2 aromatic carbocycles. The Morgan fingerprint density at radius 2 is 1.88 bits per heavy atom. The monoisotopic (exact) mass is 557 g/mol. The second-order valence-corrected chi connectivity index (χ2v) is 12.7. The molecule has 0 saturated carbocycles. The average Bonchev–Trinajstić information content (AvgIpc) is 3.57. The van der Waals surface area contributed by atoms with Crippen molar-refractivity contribution in [2.24, 2.45) is 7.05 Å². The highest BCUT2D eigenvalue weighted by Crippen LogP contribution is 2.41. The zero-order valence-corrected chi connectivity index (χ0v) is 23.0. The molecule has 6 rings (SSSR count). The van der Waals surface area contributed by atoms with Crippen LogP contribution < -0.4 is 20.7 Å². The van der Waals surface area contributed by atoms with E-state index in [0.717, 1.165) is 5.39 Å². The molecule has 6 aromatic rings. The van der Waals surface area contributed by atoms with E-state index in [1.165, 1.54) is 13.2 Å². The number of halogens is 1. The van der Waals surface area contributed by atoms with Gasteiger partial charge >= 0.3 is 0 Å². The Kier molecular flexibility index (Phi) is 6.19. The van der Waals surface area contributed by atoms with E-state index in [1.54, 1.807) is 62.1 Å². The van der Waals surface area contributed by atoms with E-state index in [-0.39, 0.29) is 11.7 Å². The normalized spacial score (nSPS) is 11.7. The first-order valence-electron chi connectivity index (χ1n) is 12.3. The van der Waals surface area contributed by atoms with Crippen molar-refractivity contribution in [3.05, 3.63) is 67.1 Å². The van der Waals surface area contributed by atoms with E-state index >= 15 is 0 Å². The van der Waals surface area contributed by atoms with Crippen LogP contribution in [0.3, 0.4) is 0 Å². The molecular weight excluding hydrogens is 532 g/mol. The number of ether oxygens (including phenoxy) is 1. The van der Waals surface area contributed by atoms with E-state index in [4.69, 9.17) is 9.72 Å². The Hall–Kier alpha value is -4.83. The molecule has 0 atom stereocenters. The summed E-state index contributed by atoms with van der Waals surface area (Å²) in [5, 5.41) is 12.0. The number of aromatic amines is 1. The third-order valence-corrected chi connectivity index (χ3v) is 7.90. The molecule has 0 aliphatic carbocycles. The number of hydrogen-bond donors (Lipinski definition) is 3. The van der Waals surface area contributed by atoms with Gasteiger partial charge in [0.15, 0.2) is 0 Å². The van der Waals surface area contributed by atoms with Crippen molar-refractivity contribution in [2.45, 2.75) is 0 Å². The second kappa shape index (κ2) is 9.73. The second-order valence-electron chi connectivity index (χ2n) is 9.56. The minimum atomic E-state index is -2.79. The lowest BCUT2D eigenvalue weighted by molar-refractivity contribution is 0.413.